The van der Waals surface area contributed by atoms with Crippen LogP contribution >= 0.6 is 0 Å². The van der Waals surface area contributed by atoms with Crippen molar-refractivity contribution in [2.75, 3.05) is 11.5 Å². The van der Waals surface area contributed by atoms with E-state index in [2.05, 4.69) is 0 Å². The SMILES string of the molecule is CCOC(=O)C1(C#N)[C@@H]2C(=O)N(c3ccccc3C)C(=O)[C@@H]21. The average Bonchev–Trinajstić information content (AvgIpc) is 3.12. The zero-order valence-electron chi connectivity index (χ0n) is 12.2. The molecule has 0 N–H and O–H groups in total. The lowest BCUT2D eigenvalue weighted by atomic mass is 10.0. The van der Waals surface area contributed by atoms with Gasteiger partial charge >= 0.3 is 5.97 Å². The number of imide groups is 1. The van der Waals surface area contributed by atoms with Gasteiger partial charge in [-0.25, -0.2) is 4.90 Å². The molecular weight excluding hydrogens is 284 g/mol. The van der Waals surface area contributed by atoms with Gasteiger partial charge in [-0.1, -0.05) is 18.2 Å². The number of benzene rings is 1. The van der Waals surface area contributed by atoms with E-state index < -0.39 is 35.0 Å². The Bertz CT molecular complexity index is 712. The van der Waals surface area contributed by atoms with Crippen molar-refractivity contribution >= 4 is 23.5 Å². The molecule has 1 saturated carbocycles. The maximum atomic E-state index is 12.5. The fraction of sp³-hybridized carbons (Fsp3) is 0.375. The van der Waals surface area contributed by atoms with Gasteiger partial charge in [0.15, 0.2) is 5.41 Å². The molecule has 1 unspecified atom stereocenters. The van der Waals surface area contributed by atoms with E-state index in [1.807, 2.05) is 12.1 Å². The Morgan fingerprint density at radius 1 is 1.32 bits per heavy atom. The monoisotopic (exact) mass is 298 g/mol. The van der Waals surface area contributed by atoms with Crippen LogP contribution in [0.2, 0.25) is 0 Å². The highest BCUT2D eigenvalue weighted by Crippen LogP contribution is 2.64. The fourth-order valence-electron chi connectivity index (χ4n) is 3.19. The zero-order valence-corrected chi connectivity index (χ0v) is 12.2. The number of nitriles is 1. The third kappa shape index (κ3) is 1.56. The molecule has 22 heavy (non-hydrogen) atoms. The Balaban J connectivity index is 1.96. The summed E-state index contributed by atoms with van der Waals surface area (Å²) in [6.45, 7) is 3.51. The van der Waals surface area contributed by atoms with Gasteiger partial charge in [0.2, 0.25) is 11.8 Å². The van der Waals surface area contributed by atoms with Crippen molar-refractivity contribution < 1.29 is 19.1 Å². The Kier molecular flexibility index (Phi) is 3.03. The minimum Gasteiger partial charge on any atom is -0.465 e. The summed E-state index contributed by atoms with van der Waals surface area (Å²) in [7, 11) is 0. The number of nitrogens with zero attached hydrogens (tertiary/aromatic N) is 2. The molecule has 0 radical (unpaired) electrons. The van der Waals surface area contributed by atoms with Gasteiger partial charge in [0.1, 0.15) is 0 Å². The molecule has 0 bridgehead atoms. The predicted molar refractivity (Wildman–Crippen MR) is 75.3 cm³/mol. The number of rotatable bonds is 3. The predicted octanol–water partition coefficient (Wildman–Crippen LogP) is 1.19. The lowest BCUT2D eigenvalue weighted by Crippen LogP contribution is -2.40. The number of para-hydroxylation sites is 1. The molecule has 1 aliphatic carbocycles. The maximum Gasteiger partial charge on any atom is 0.328 e. The molecule has 3 rings (SSSR count). The Morgan fingerprint density at radius 3 is 2.41 bits per heavy atom. The summed E-state index contributed by atoms with van der Waals surface area (Å²) in [6.07, 6.45) is 0. The van der Waals surface area contributed by atoms with Crippen molar-refractivity contribution in [2.45, 2.75) is 13.8 Å². The standard InChI is InChI=1S/C16H14N2O4/c1-3-22-15(21)16(8-17)11-12(16)14(20)18(13(11)19)10-7-5-4-6-9(10)2/h4-7,11-12H,3H2,1-2H3/t11-,12+,16?. The second-order valence-corrected chi connectivity index (χ2v) is 5.46. The molecular formula is C16H14N2O4. The topological polar surface area (TPSA) is 87.5 Å². The largest absolute Gasteiger partial charge is 0.465 e. The minimum absolute atomic E-state index is 0.103. The van der Waals surface area contributed by atoms with E-state index in [1.165, 1.54) is 0 Å². The maximum absolute atomic E-state index is 12.5. The average molecular weight is 298 g/mol. The Hall–Kier alpha value is -2.68. The van der Waals surface area contributed by atoms with Crippen LogP contribution in [0.1, 0.15) is 12.5 Å². The van der Waals surface area contributed by atoms with Crippen LogP contribution in [-0.4, -0.2) is 24.4 Å². The van der Waals surface area contributed by atoms with Crippen molar-refractivity contribution in [2.24, 2.45) is 17.3 Å². The van der Waals surface area contributed by atoms with Gasteiger partial charge in [0.25, 0.3) is 0 Å². The lowest BCUT2D eigenvalue weighted by molar-refractivity contribution is -0.150. The van der Waals surface area contributed by atoms with Crippen LogP contribution in [0.4, 0.5) is 5.69 Å². The highest BCUT2D eigenvalue weighted by Gasteiger charge is 2.83. The van der Waals surface area contributed by atoms with Crippen LogP contribution in [0.5, 0.6) is 0 Å². The van der Waals surface area contributed by atoms with Crippen LogP contribution in [0.25, 0.3) is 0 Å². The van der Waals surface area contributed by atoms with Crippen LogP contribution < -0.4 is 4.90 Å². The van der Waals surface area contributed by atoms with Crippen molar-refractivity contribution in [3.63, 3.8) is 0 Å². The first-order chi connectivity index (χ1) is 10.5. The second kappa shape index (κ2) is 4.67. The third-order valence-electron chi connectivity index (χ3n) is 4.33. The molecule has 1 heterocycles. The van der Waals surface area contributed by atoms with Gasteiger partial charge < -0.3 is 4.74 Å². The highest BCUT2D eigenvalue weighted by molar-refractivity contribution is 6.29. The first-order valence-electron chi connectivity index (χ1n) is 7.02. The van der Waals surface area contributed by atoms with E-state index in [0.717, 1.165) is 10.5 Å². The molecule has 1 aromatic carbocycles. The third-order valence-corrected chi connectivity index (χ3v) is 4.33. The molecule has 1 saturated heterocycles. The Morgan fingerprint density at radius 2 is 1.91 bits per heavy atom. The van der Waals surface area contributed by atoms with E-state index in [9.17, 15) is 19.6 Å². The summed E-state index contributed by atoms with van der Waals surface area (Å²) >= 11 is 0. The van der Waals surface area contributed by atoms with Gasteiger partial charge in [-0.05, 0) is 25.5 Å². The number of anilines is 1. The number of esters is 1. The number of amides is 2. The fourth-order valence-corrected chi connectivity index (χ4v) is 3.19. The molecule has 0 aromatic heterocycles. The molecule has 112 valence electrons. The van der Waals surface area contributed by atoms with Gasteiger partial charge in [-0.15, -0.1) is 0 Å². The molecule has 2 fully saturated rings. The molecule has 2 aliphatic rings. The molecule has 1 aliphatic heterocycles. The number of ether oxygens (including phenoxy) is 1. The van der Waals surface area contributed by atoms with Crippen molar-refractivity contribution in [1.29, 1.82) is 5.26 Å². The highest BCUT2D eigenvalue weighted by atomic mass is 16.5. The molecule has 3 atom stereocenters. The first kappa shape index (κ1) is 14.3. The Labute approximate surface area is 127 Å². The van der Waals surface area contributed by atoms with Crippen LogP contribution in [0, 0.1) is 35.5 Å². The van der Waals surface area contributed by atoms with E-state index in [4.69, 9.17) is 4.74 Å². The van der Waals surface area contributed by atoms with E-state index in [1.54, 1.807) is 32.0 Å². The molecule has 6 nitrogen and oxygen atoms in total. The van der Waals surface area contributed by atoms with Crippen LogP contribution in [0.3, 0.4) is 0 Å². The van der Waals surface area contributed by atoms with Gasteiger partial charge in [-0.2, -0.15) is 5.26 Å². The van der Waals surface area contributed by atoms with Crippen LogP contribution in [-0.2, 0) is 19.1 Å². The second-order valence-electron chi connectivity index (χ2n) is 5.46. The summed E-state index contributed by atoms with van der Waals surface area (Å²) in [6, 6.07) is 8.85. The molecule has 6 heteroatoms. The van der Waals surface area contributed by atoms with Crippen molar-refractivity contribution in [1.82, 2.24) is 0 Å². The minimum atomic E-state index is -1.64. The molecule has 1 aromatic rings. The number of hydrogen-bond donors (Lipinski definition) is 0. The first-order valence-corrected chi connectivity index (χ1v) is 7.02. The lowest BCUT2D eigenvalue weighted by Gasteiger charge is -2.22. The van der Waals surface area contributed by atoms with Gasteiger partial charge in [0, 0.05) is 0 Å². The summed E-state index contributed by atoms with van der Waals surface area (Å²) in [5.74, 6) is -3.64. The quantitative estimate of drug-likeness (QED) is 0.618. The van der Waals surface area contributed by atoms with Gasteiger partial charge in [0.05, 0.1) is 30.2 Å². The number of carbonyl (C=O) groups excluding carboxylic acids is 3. The number of fused-ring (bicyclic) bond motifs is 1. The number of piperidine rings is 1. The smallest absolute Gasteiger partial charge is 0.328 e. The molecule has 0 spiro atoms. The summed E-state index contributed by atoms with van der Waals surface area (Å²) in [4.78, 5) is 38.2. The zero-order chi connectivity index (χ0) is 16.1. The summed E-state index contributed by atoms with van der Waals surface area (Å²) in [5, 5.41) is 9.33. The molecule has 2 amide bonds. The van der Waals surface area contributed by atoms with Gasteiger partial charge in [-0.3, -0.25) is 14.4 Å². The van der Waals surface area contributed by atoms with Crippen molar-refractivity contribution in [3.8, 4) is 6.07 Å². The number of carbonyl (C=O) groups is 3. The summed E-state index contributed by atoms with van der Waals surface area (Å²) in [5.41, 5.74) is -0.354. The number of hydrogen-bond acceptors (Lipinski definition) is 5. The van der Waals surface area contributed by atoms with Crippen molar-refractivity contribution in [3.05, 3.63) is 29.8 Å². The van der Waals surface area contributed by atoms with E-state index in [0.29, 0.717) is 5.69 Å². The van der Waals surface area contributed by atoms with Crippen LogP contribution in [0.15, 0.2) is 24.3 Å². The normalized spacial score (nSPS) is 29.0. The summed E-state index contributed by atoms with van der Waals surface area (Å²) < 4.78 is 4.87. The van der Waals surface area contributed by atoms with E-state index in [-0.39, 0.29) is 6.61 Å². The number of aryl methyl sites for hydroxylation is 1. The van der Waals surface area contributed by atoms with E-state index >= 15 is 0 Å².